The van der Waals surface area contributed by atoms with Gasteiger partial charge in [0.15, 0.2) is 0 Å². The number of aryl methyl sites for hydroxylation is 1. The Morgan fingerprint density at radius 2 is 2.11 bits per heavy atom. The van der Waals surface area contributed by atoms with E-state index in [-0.39, 0.29) is 0 Å². The molecule has 1 heterocycles. The zero-order chi connectivity index (χ0) is 13.3. The van der Waals surface area contributed by atoms with Gasteiger partial charge in [0.25, 0.3) is 0 Å². The number of hydrogen-bond acceptors (Lipinski definition) is 4. The van der Waals surface area contributed by atoms with Crippen LogP contribution in [0.2, 0.25) is 10.0 Å². The van der Waals surface area contributed by atoms with Gasteiger partial charge in [-0.05, 0) is 25.1 Å². The third-order valence-corrected chi connectivity index (χ3v) is 4.13. The highest BCUT2D eigenvalue weighted by atomic mass is 35.5. The van der Waals surface area contributed by atoms with Crippen LogP contribution in [0.25, 0.3) is 5.69 Å². The standard InChI is InChI=1S/C11H10Cl2N2OS2/c1-6-10(18-17)11(16-2)15(14-6)9-4-3-7(12)5-8(9)13/h3-5,17H,1-2H3. The Labute approximate surface area is 124 Å². The lowest BCUT2D eigenvalue weighted by Gasteiger charge is -2.08. The van der Waals surface area contributed by atoms with Crippen molar-refractivity contribution in [2.75, 3.05) is 7.11 Å². The molecule has 0 aliphatic heterocycles. The number of thiol groups is 1. The molecule has 2 rings (SSSR count). The van der Waals surface area contributed by atoms with Crippen LogP contribution in [0.1, 0.15) is 5.69 Å². The molecule has 0 unspecified atom stereocenters. The number of halogens is 2. The number of hydrogen-bond donors (Lipinski definition) is 1. The summed E-state index contributed by atoms with van der Waals surface area (Å²) < 4.78 is 7.01. The quantitative estimate of drug-likeness (QED) is 0.669. The van der Waals surface area contributed by atoms with Crippen LogP contribution in [0.4, 0.5) is 0 Å². The van der Waals surface area contributed by atoms with E-state index in [1.54, 1.807) is 30.0 Å². The second-order valence-electron chi connectivity index (χ2n) is 3.52. The second kappa shape index (κ2) is 5.65. The van der Waals surface area contributed by atoms with Gasteiger partial charge in [0.05, 0.1) is 23.5 Å². The Morgan fingerprint density at radius 1 is 1.39 bits per heavy atom. The first kappa shape index (κ1) is 13.9. The molecule has 0 saturated heterocycles. The van der Waals surface area contributed by atoms with E-state index < -0.39 is 0 Å². The van der Waals surface area contributed by atoms with Crippen molar-refractivity contribution in [1.29, 1.82) is 0 Å². The van der Waals surface area contributed by atoms with E-state index in [0.717, 1.165) is 16.3 Å². The molecule has 0 N–H and O–H groups in total. The number of ether oxygens (including phenoxy) is 1. The molecule has 1 aromatic carbocycles. The highest BCUT2D eigenvalue weighted by Crippen LogP contribution is 2.37. The summed E-state index contributed by atoms with van der Waals surface area (Å²) in [6, 6.07) is 5.22. The highest BCUT2D eigenvalue weighted by molar-refractivity contribution is 8.68. The summed E-state index contributed by atoms with van der Waals surface area (Å²) in [6.07, 6.45) is 0. The van der Waals surface area contributed by atoms with Gasteiger partial charge in [-0.25, -0.2) is 0 Å². The molecule has 0 aliphatic carbocycles. The highest BCUT2D eigenvalue weighted by Gasteiger charge is 2.18. The zero-order valence-corrected chi connectivity index (χ0v) is 12.9. The van der Waals surface area contributed by atoms with Gasteiger partial charge in [0.1, 0.15) is 4.90 Å². The van der Waals surface area contributed by atoms with E-state index in [1.807, 2.05) is 6.92 Å². The average molecular weight is 321 g/mol. The predicted octanol–water partition coefficient (Wildman–Crippen LogP) is 4.43. The summed E-state index contributed by atoms with van der Waals surface area (Å²) in [6.45, 7) is 1.89. The summed E-state index contributed by atoms with van der Waals surface area (Å²) in [5.41, 5.74) is 1.55. The lowest BCUT2D eigenvalue weighted by Crippen LogP contribution is -2.00. The number of methoxy groups -OCH3 is 1. The fourth-order valence-electron chi connectivity index (χ4n) is 1.59. The van der Waals surface area contributed by atoms with E-state index in [1.165, 1.54) is 10.8 Å². The van der Waals surface area contributed by atoms with Gasteiger partial charge in [-0.1, -0.05) is 34.0 Å². The van der Waals surface area contributed by atoms with Gasteiger partial charge in [0.2, 0.25) is 5.88 Å². The molecule has 18 heavy (non-hydrogen) atoms. The van der Waals surface area contributed by atoms with Gasteiger partial charge in [0, 0.05) is 5.02 Å². The fourth-order valence-corrected chi connectivity index (χ4v) is 3.13. The smallest absolute Gasteiger partial charge is 0.231 e. The minimum absolute atomic E-state index is 0.513. The largest absolute Gasteiger partial charge is 0.480 e. The number of aromatic nitrogens is 2. The predicted molar refractivity (Wildman–Crippen MR) is 79.7 cm³/mol. The van der Waals surface area contributed by atoms with Crippen LogP contribution >= 0.6 is 45.7 Å². The van der Waals surface area contributed by atoms with E-state index in [0.29, 0.717) is 15.9 Å². The van der Waals surface area contributed by atoms with E-state index in [4.69, 9.17) is 27.9 Å². The van der Waals surface area contributed by atoms with Crippen molar-refractivity contribution in [3.8, 4) is 11.6 Å². The van der Waals surface area contributed by atoms with Crippen LogP contribution in [0.5, 0.6) is 5.88 Å². The Morgan fingerprint density at radius 3 is 2.67 bits per heavy atom. The van der Waals surface area contributed by atoms with Crippen LogP contribution in [-0.4, -0.2) is 16.9 Å². The summed E-state index contributed by atoms with van der Waals surface area (Å²) in [7, 11) is 2.88. The SMILES string of the molecule is COc1c(SS)c(C)nn1-c1ccc(Cl)cc1Cl. The van der Waals surface area contributed by atoms with Crippen LogP contribution in [0.15, 0.2) is 23.1 Å². The molecule has 0 atom stereocenters. The molecule has 0 radical (unpaired) electrons. The minimum atomic E-state index is 0.513. The number of nitrogens with zero attached hydrogens (tertiary/aromatic N) is 2. The van der Waals surface area contributed by atoms with Crippen molar-refractivity contribution in [2.24, 2.45) is 0 Å². The van der Waals surface area contributed by atoms with Gasteiger partial charge >= 0.3 is 0 Å². The van der Waals surface area contributed by atoms with Crippen LogP contribution < -0.4 is 4.74 Å². The Bertz CT molecular complexity index is 587. The molecule has 0 spiro atoms. The van der Waals surface area contributed by atoms with Crippen LogP contribution in [0, 0.1) is 6.92 Å². The minimum Gasteiger partial charge on any atom is -0.480 e. The van der Waals surface area contributed by atoms with Gasteiger partial charge in [-0.3, -0.25) is 0 Å². The number of rotatable bonds is 3. The molecular weight excluding hydrogens is 311 g/mol. The Hall–Kier alpha value is -0.490. The van der Waals surface area contributed by atoms with Crippen molar-refractivity contribution in [3.05, 3.63) is 33.9 Å². The normalized spacial score (nSPS) is 10.7. The topological polar surface area (TPSA) is 27.1 Å². The molecular formula is C11H10Cl2N2OS2. The van der Waals surface area contributed by atoms with Gasteiger partial charge in [-0.15, -0.1) is 11.7 Å². The molecule has 0 amide bonds. The van der Waals surface area contributed by atoms with Crippen molar-refractivity contribution >= 4 is 45.7 Å². The van der Waals surface area contributed by atoms with Crippen molar-refractivity contribution in [3.63, 3.8) is 0 Å². The summed E-state index contributed by atoms with van der Waals surface area (Å²) in [5.74, 6) is 0.608. The molecule has 3 nitrogen and oxygen atoms in total. The van der Waals surface area contributed by atoms with Gasteiger partial charge < -0.3 is 4.74 Å². The monoisotopic (exact) mass is 320 g/mol. The molecule has 7 heteroatoms. The molecule has 0 aliphatic rings. The molecule has 1 aromatic heterocycles. The van der Waals surface area contributed by atoms with Gasteiger partial charge in [-0.2, -0.15) is 9.78 Å². The maximum absolute atomic E-state index is 6.17. The summed E-state index contributed by atoms with van der Waals surface area (Å²) in [4.78, 5) is 0.867. The Balaban J connectivity index is 2.63. The maximum atomic E-state index is 6.17. The van der Waals surface area contributed by atoms with E-state index in [9.17, 15) is 0 Å². The first-order valence-electron chi connectivity index (χ1n) is 4.99. The van der Waals surface area contributed by atoms with Crippen molar-refractivity contribution < 1.29 is 4.74 Å². The van der Waals surface area contributed by atoms with Crippen molar-refractivity contribution in [1.82, 2.24) is 9.78 Å². The van der Waals surface area contributed by atoms with Crippen LogP contribution in [-0.2, 0) is 0 Å². The van der Waals surface area contributed by atoms with Crippen LogP contribution in [0.3, 0.4) is 0 Å². The third-order valence-electron chi connectivity index (χ3n) is 2.39. The summed E-state index contributed by atoms with van der Waals surface area (Å²) in [5, 5.41) is 5.50. The Kier molecular flexibility index (Phi) is 4.37. The van der Waals surface area contributed by atoms with E-state index in [2.05, 4.69) is 16.8 Å². The molecule has 2 aromatic rings. The lowest BCUT2D eigenvalue weighted by atomic mass is 10.3. The second-order valence-corrected chi connectivity index (χ2v) is 5.50. The average Bonchev–Trinajstić information content (AvgIpc) is 2.65. The molecule has 0 bridgehead atoms. The first-order valence-corrected chi connectivity index (χ1v) is 7.61. The summed E-state index contributed by atoms with van der Waals surface area (Å²) >= 11 is 16.3. The zero-order valence-electron chi connectivity index (χ0n) is 9.65. The molecule has 96 valence electrons. The van der Waals surface area contributed by atoms with Crippen molar-refractivity contribution in [2.45, 2.75) is 11.8 Å². The number of benzene rings is 1. The van der Waals surface area contributed by atoms with E-state index >= 15 is 0 Å². The molecule has 0 saturated carbocycles. The lowest BCUT2D eigenvalue weighted by molar-refractivity contribution is 0.375. The first-order chi connectivity index (χ1) is 8.58. The third kappa shape index (κ3) is 2.45. The fraction of sp³-hybridized carbons (Fsp3) is 0.182. The maximum Gasteiger partial charge on any atom is 0.231 e. The molecule has 0 fully saturated rings.